The molecule has 130 valence electrons. The largest absolute Gasteiger partial charge is 0.457 e. The Bertz CT molecular complexity index is 452. The zero-order valence-electron chi connectivity index (χ0n) is 13.8. The third-order valence-electron chi connectivity index (χ3n) is 3.69. The molecule has 2 saturated heterocycles. The molecule has 0 spiro atoms. The standard InChI is InChI=1S/C16H25NO6/c1-5-6-20-16-13(17-10(4)18)15-14(23-16)11(8-21-15)22-12(19)7-9(2)3/h5,9,11,13-16H,1,6-8H2,2-4H3,(H,17,18)/t11-,13-,14-,15-,16+/m1/s1. The molecule has 0 radical (unpaired) electrons. The molecule has 0 aromatic heterocycles. The summed E-state index contributed by atoms with van der Waals surface area (Å²) < 4.78 is 22.5. The Hall–Kier alpha value is -1.44. The van der Waals surface area contributed by atoms with Crippen molar-refractivity contribution in [3.8, 4) is 0 Å². The summed E-state index contributed by atoms with van der Waals surface area (Å²) in [5.74, 6) is -0.249. The molecule has 0 bridgehead atoms. The molecule has 2 aliphatic heterocycles. The fraction of sp³-hybridized carbons (Fsp3) is 0.750. The van der Waals surface area contributed by atoms with Gasteiger partial charge in [-0.15, -0.1) is 6.58 Å². The minimum Gasteiger partial charge on any atom is -0.457 e. The number of carbonyl (C=O) groups excluding carboxylic acids is 2. The van der Waals surface area contributed by atoms with Crippen LogP contribution in [0.2, 0.25) is 0 Å². The number of fused-ring (bicyclic) bond motifs is 1. The monoisotopic (exact) mass is 327 g/mol. The van der Waals surface area contributed by atoms with Crippen LogP contribution in [0, 0.1) is 5.92 Å². The van der Waals surface area contributed by atoms with Crippen LogP contribution in [0.25, 0.3) is 0 Å². The number of hydrogen-bond acceptors (Lipinski definition) is 6. The predicted octanol–water partition coefficient (Wildman–Crippen LogP) is 0.775. The molecule has 0 aromatic rings. The van der Waals surface area contributed by atoms with Gasteiger partial charge in [0.05, 0.1) is 13.2 Å². The van der Waals surface area contributed by atoms with Crippen LogP contribution in [0.5, 0.6) is 0 Å². The van der Waals surface area contributed by atoms with Crippen LogP contribution in [0.3, 0.4) is 0 Å². The molecule has 23 heavy (non-hydrogen) atoms. The quantitative estimate of drug-likeness (QED) is 0.549. The number of hydrogen-bond donors (Lipinski definition) is 1. The van der Waals surface area contributed by atoms with Crippen LogP contribution < -0.4 is 5.32 Å². The molecular weight excluding hydrogens is 302 g/mol. The van der Waals surface area contributed by atoms with Crippen molar-refractivity contribution >= 4 is 11.9 Å². The van der Waals surface area contributed by atoms with Crippen molar-refractivity contribution in [2.24, 2.45) is 5.92 Å². The Balaban J connectivity index is 2.00. The number of ether oxygens (including phenoxy) is 4. The van der Waals surface area contributed by atoms with Gasteiger partial charge in [-0.25, -0.2) is 0 Å². The maximum atomic E-state index is 11.9. The van der Waals surface area contributed by atoms with Crippen molar-refractivity contribution in [3.05, 3.63) is 12.7 Å². The fourth-order valence-corrected chi connectivity index (χ4v) is 2.82. The van der Waals surface area contributed by atoms with E-state index in [1.807, 2.05) is 13.8 Å². The third-order valence-corrected chi connectivity index (χ3v) is 3.69. The second-order valence-electron chi connectivity index (χ2n) is 6.24. The molecule has 0 aliphatic carbocycles. The average molecular weight is 327 g/mol. The molecule has 0 unspecified atom stereocenters. The minimum atomic E-state index is -0.654. The van der Waals surface area contributed by atoms with Crippen LogP contribution >= 0.6 is 0 Å². The Labute approximate surface area is 136 Å². The van der Waals surface area contributed by atoms with Crippen LogP contribution in [-0.4, -0.2) is 55.7 Å². The van der Waals surface area contributed by atoms with E-state index in [1.165, 1.54) is 6.92 Å². The van der Waals surface area contributed by atoms with Crippen molar-refractivity contribution in [2.75, 3.05) is 13.2 Å². The highest BCUT2D eigenvalue weighted by Crippen LogP contribution is 2.33. The number of amides is 1. The molecule has 1 amide bonds. The average Bonchev–Trinajstić information content (AvgIpc) is 2.97. The van der Waals surface area contributed by atoms with Gasteiger partial charge in [0.2, 0.25) is 5.91 Å². The van der Waals surface area contributed by atoms with E-state index in [0.717, 1.165) is 0 Å². The summed E-state index contributed by atoms with van der Waals surface area (Å²) in [7, 11) is 0. The maximum absolute atomic E-state index is 11.9. The van der Waals surface area contributed by atoms with Crippen molar-refractivity contribution < 1.29 is 28.5 Å². The summed E-state index contributed by atoms with van der Waals surface area (Å²) in [6.45, 7) is 9.46. The number of esters is 1. The summed E-state index contributed by atoms with van der Waals surface area (Å²) in [6, 6.07) is -0.439. The number of carbonyl (C=O) groups is 2. The van der Waals surface area contributed by atoms with E-state index in [-0.39, 0.29) is 31.0 Å². The first-order chi connectivity index (χ1) is 10.9. The van der Waals surface area contributed by atoms with Gasteiger partial charge in [0, 0.05) is 13.3 Å². The van der Waals surface area contributed by atoms with E-state index >= 15 is 0 Å². The van der Waals surface area contributed by atoms with Crippen LogP contribution in [0.4, 0.5) is 0 Å². The third kappa shape index (κ3) is 4.53. The number of rotatable bonds is 7. The molecule has 2 rings (SSSR count). The highest BCUT2D eigenvalue weighted by molar-refractivity contribution is 5.73. The van der Waals surface area contributed by atoms with E-state index in [1.54, 1.807) is 6.08 Å². The topological polar surface area (TPSA) is 83.1 Å². The van der Waals surface area contributed by atoms with Gasteiger partial charge < -0.3 is 24.3 Å². The van der Waals surface area contributed by atoms with Gasteiger partial charge in [-0.1, -0.05) is 19.9 Å². The molecule has 2 aliphatic rings. The zero-order chi connectivity index (χ0) is 17.0. The lowest BCUT2D eigenvalue weighted by atomic mass is 10.1. The SMILES string of the molecule is C=CCO[C@H]1O[C@H]2[C@H](OC[C@H]2OC(=O)CC(C)C)[C@H]1NC(C)=O. The lowest BCUT2D eigenvalue weighted by Crippen LogP contribution is -2.47. The summed E-state index contributed by atoms with van der Waals surface area (Å²) in [4.78, 5) is 23.3. The first-order valence-corrected chi connectivity index (χ1v) is 7.88. The normalized spacial score (nSPS) is 32.6. The summed E-state index contributed by atoms with van der Waals surface area (Å²) in [5, 5.41) is 2.79. The van der Waals surface area contributed by atoms with Gasteiger partial charge in [-0.2, -0.15) is 0 Å². The van der Waals surface area contributed by atoms with Gasteiger partial charge >= 0.3 is 5.97 Å². The first kappa shape index (κ1) is 17.9. The second kappa shape index (κ2) is 7.90. The second-order valence-corrected chi connectivity index (χ2v) is 6.24. The Morgan fingerprint density at radius 3 is 2.74 bits per heavy atom. The van der Waals surface area contributed by atoms with E-state index in [2.05, 4.69) is 11.9 Å². The Morgan fingerprint density at radius 1 is 1.39 bits per heavy atom. The zero-order valence-corrected chi connectivity index (χ0v) is 13.8. The minimum absolute atomic E-state index is 0.199. The molecule has 0 saturated carbocycles. The van der Waals surface area contributed by atoms with E-state index in [4.69, 9.17) is 18.9 Å². The van der Waals surface area contributed by atoms with Gasteiger partial charge in [-0.05, 0) is 5.92 Å². The van der Waals surface area contributed by atoms with Crippen molar-refractivity contribution in [3.63, 3.8) is 0 Å². The summed E-state index contributed by atoms with van der Waals surface area (Å²) >= 11 is 0. The molecule has 7 nitrogen and oxygen atoms in total. The molecule has 1 N–H and O–H groups in total. The van der Waals surface area contributed by atoms with E-state index < -0.39 is 30.6 Å². The maximum Gasteiger partial charge on any atom is 0.306 e. The van der Waals surface area contributed by atoms with Gasteiger partial charge in [0.1, 0.15) is 18.2 Å². The molecule has 7 heteroatoms. The molecule has 2 heterocycles. The molecule has 0 aromatic carbocycles. The van der Waals surface area contributed by atoms with Crippen LogP contribution in [0.1, 0.15) is 27.2 Å². The Kier molecular flexibility index (Phi) is 6.15. The van der Waals surface area contributed by atoms with Crippen LogP contribution in [0.15, 0.2) is 12.7 Å². The van der Waals surface area contributed by atoms with E-state index in [0.29, 0.717) is 6.42 Å². The highest BCUT2D eigenvalue weighted by Gasteiger charge is 2.54. The van der Waals surface area contributed by atoms with Crippen molar-refractivity contribution in [2.45, 2.75) is 57.8 Å². The summed E-state index contributed by atoms with van der Waals surface area (Å²) in [5.41, 5.74) is 0. The first-order valence-electron chi connectivity index (χ1n) is 7.88. The van der Waals surface area contributed by atoms with Crippen LogP contribution in [-0.2, 0) is 28.5 Å². The molecular formula is C16H25NO6. The molecule has 5 atom stereocenters. The number of nitrogens with one attached hydrogen (secondary N) is 1. The van der Waals surface area contributed by atoms with Crippen molar-refractivity contribution in [1.29, 1.82) is 0 Å². The van der Waals surface area contributed by atoms with E-state index in [9.17, 15) is 9.59 Å². The summed E-state index contributed by atoms with van der Waals surface area (Å²) in [6.07, 6.45) is -0.0374. The Morgan fingerprint density at radius 2 is 2.13 bits per heavy atom. The smallest absolute Gasteiger partial charge is 0.306 e. The molecule has 2 fully saturated rings. The lowest BCUT2D eigenvalue weighted by molar-refractivity contribution is -0.173. The van der Waals surface area contributed by atoms with Gasteiger partial charge in [0.15, 0.2) is 12.4 Å². The van der Waals surface area contributed by atoms with Gasteiger partial charge in [0.25, 0.3) is 0 Å². The lowest BCUT2D eigenvalue weighted by Gasteiger charge is -2.22. The fourth-order valence-electron chi connectivity index (χ4n) is 2.82. The predicted molar refractivity (Wildman–Crippen MR) is 81.5 cm³/mol. The van der Waals surface area contributed by atoms with Crippen molar-refractivity contribution in [1.82, 2.24) is 5.32 Å². The highest BCUT2D eigenvalue weighted by atomic mass is 16.7. The van der Waals surface area contributed by atoms with Gasteiger partial charge in [-0.3, -0.25) is 9.59 Å².